The van der Waals surface area contributed by atoms with Crippen molar-refractivity contribution in [2.45, 2.75) is 39.5 Å². The highest BCUT2D eigenvalue weighted by atomic mass is 31.2. The molecule has 2 aromatic rings. The molecule has 0 atom stereocenters. The summed E-state index contributed by atoms with van der Waals surface area (Å²) in [5.41, 5.74) is 1.11. The van der Waals surface area contributed by atoms with Crippen molar-refractivity contribution in [3.63, 3.8) is 0 Å². The van der Waals surface area contributed by atoms with Crippen molar-refractivity contribution in [3.8, 4) is 0 Å². The van der Waals surface area contributed by atoms with Gasteiger partial charge >= 0.3 is 13.6 Å². The van der Waals surface area contributed by atoms with Gasteiger partial charge in [-0.2, -0.15) is 0 Å². The largest absolute Gasteiger partial charge is 0.464 e. The number of H-pyrrole nitrogens is 1. The zero-order chi connectivity index (χ0) is 18.3. The molecule has 0 radical (unpaired) electrons. The minimum Gasteiger partial charge on any atom is -0.464 e. The number of methoxy groups -OCH3 is 1. The number of aromatic nitrogens is 1. The molecule has 138 valence electrons. The lowest BCUT2D eigenvalue weighted by molar-refractivity contribution is 0.0595. The normalized spacial score (nSPS) is 11.8. The number of benzene rings is 1. The number of ether oxygens (including phenoxy) is 1. The third kappa shape index (κ3) is 4.94. The Morgan fingerprint density at radius 2 is 1.72 bits per heavy atom. The Kier molecular flexibility index (Phi) is 7.24. The second-order valence-electron chi connectivity index (χ2n) is 5.82. The summed E-state index contributed by atoms with van der Waals surface area (Å²) >= 11 is 0. The number of hydrogen-bond donors (Lipinski definition) is 1. The zero-order valence-electron chi connectivity index (χ0n) is 15.0. The molecule has 0 bridgehead atoms. The number of esters is 1. The molecule has 1 aromatic heterocycles. The highest BCUT2D eigenvalue weighted by Crippen LogP contribution is 2.47. The van der Waals surface area contributed by atoms with E-state index in [4.69, 9.17) is 13.8 Å². The van der Waals surface area contributed by atoms with Crippen LogP contribution < -0.4 is 5.30 Å². The summed E-state index contributed by atoms with van der Waals surface area (Å²) in [6, 6.07) is 6.92. The van der Waals surface area contributed by atoms with Crippen LogP contribution in [0.2, 0.25) is 0 Å². The van der Waals surface area contributed by atoms with E-state index in [0.29, 0.717) is 24.2 Å². The summed E-state index contributed by atoms with van der Waals surface area (Å²) < 4.78 is 29.3. The molecule has 1 aromatic carbocycles. The second kappa shape index (κ2) is 9.18. The summed E-state index contributed by atoms with van der Waals surface area (Å²) in [5.74, 6) is -0.445. The average Bonchev–Trinajstić information content (AvgIpc) is 3.04. The van der Waals surface area contributed by atoms with E-state index < -0.39 is 13.6 Å². The van der Waals surface area contributed by atoms with Crippen LogP contribution in [0.25, 0.3) is 10.9 Å². The lowest BCUT2D eigenvalue weighted by Gasteiger charge is -2.19. The minimum atomic E-state index is -3.39. The van der Waals surface area contributed by atoms with Gasteiger partial charge in [-0.05, 0) is 37.1 Å². The number of carbonyl (C=O) groups is 1. The molecule has 1 N–H and O–H groups in total. The molecule has 1 heterocycles. The van der Waals surface area contributed by atoms with Gasteiger partial charge in [0.05, 0.1) is 25.6 Å². The highest BCUT2D eigenvalue weighted by molar-refractivity contribution is 7.62. The van der Waals surface area contributed by atoms with Crippen molar-refractivity contribution in [3.05, 3.63) is 30.0 Å². The predicted octanol–water partition coefficient (Wildman–Crippen LogP) is 4.41. The number of fused-ring (bicyclic) bond motifs is 1. The maximum absolute atomic E-state index is 13.3. The molecule has 0 aliphatic rings. The summed E-state index contributed by atoms with van der Waals surface area (Å²) in [6.45, 7) is 4.87. The molecule has 2 rings (SSSR count). The molecule has 0 amide bonds. The molecule has 0 saturated carbocycles. The van der Waals surface area contributed by atoms with Gasteiger partial charge in [-0.1, -0.05) is 26.7 Å². The van der Waals surface area contributed by atoms with Crippen LogP contribution in [0.3, 0.4) is 0 Å². The van der Waals surface area contributed by atoms with Gasteiger partial charge in [-0.15, -0.1) is 0 Å². The fraction of sp³-hybridized carbons (Fsp3) is 0.500. The molecule has 0 unspecified atom stereocenters. The van der Waals surface area contributed by atoms with E-state index in [2.05, 4.69) is 4.98 Å². The van der Waals surface area contributed by atoms with Crippen molar-refractivity contribution in [1.82, 2.24) is 4.98 Å². The van der Waals surface area contributed by atoms with Crippen molar-refractivity contribution in [2.24, 2.45) is 0 Å². The Bertz CT molecular complexity index is 741. The van der Waals surface area contributed by atoms with Gasteiger partial charge in [0.15, 0.2) is 0 Å². The molecule has 0 aliphatic carbocycles. The maximum atomic E-state index is 13.3. The second-order valence-corrected chi connectivity index (χ2v) is 7.84. The first-order chi connectivity index (χ1) is 12.0. The van der Waals surface area contributed by atoms with Crippen LogP contribution in [0, 0.1) is 0 Å². The van der Waals surface area contributed by atoms with Crippen LogP contribution in [0.1, 0.15) is 50.0 Å². The summed E-state index contributed by atoms with van der Waals surface area (Å²) in [7, 11) is -2.06. The maximum Gasteiger partial charge on any atom is 0.361 e. The Morgan fingerprint density at radius 1 is 1.08 bits per heavy atom. The van der Waals surface area contributed by atoms with Crippen LogP contribution in [0.4, 0.5) is 0 Å². The molecular weight excluding hydrogens is 341 g/mol. The first-order valence-electron chi connectivity index (χ1n) is 8.64. The molecule has 0 aliphatic heterocycles. The van der Waals surface area contributed by atoms with Crippen molar-refractivity contribution in [2.75, 3.05) is 20.3 Å². The van der Waals surface area contributed by atoms with E-state index >= 15 is 0 Å². The zero-order valence-corrected chi connectivity index (χ0v) is 15.9. The molecule has 25 heavy (non-hydrogen) atoms. The van der Waals surface area contributed by atoms with Crippen LogP contribution in [-0.2, 0) is 18.3 Å². The number of nitrogens with one attached hydrogen (secondary N) is 1. The predicted molar refractivity (Wildman–Crippen MR) is 98.6 cm³/mol. The van der Waals surface area contributed by atoms with E-state index in [1.165, 1.54) is 7.11 Å². The molecule has 0 saturated heterocycles. The molecule has 7 heteroatoms. The van der Waals surface area contributed by atoms with Crippen molar-refractivity contribution < 1.29 is 23.1 Å². The van der Waals surface area contributed by atoms with Gasteiger partial charge in [0.25, 0.3) is 0 Å². The quantitative estimate of drug-likeness (QED) is 0.382. The third-order valence-electron chi connectivity index (χ3n) is 3.84. The van der Waals surface area contributed by atoms with Gasteiger partial charge < -0.3 is 18.8 Å². The number of carbonyl (C=O) groups excluding carboxylic acids is 1. The topological polar surface area (TPSA) is 77.6 Å². The van der Waals surface area contributed by atoms with Gasteiger partial charge in [-0.3, -0.25) is 4.57 Å². The SMILES string of the molecule is CCCCOP(=O)(OCCCC)c1ccc2[nH]c(C(=O)OC)cc2c1. The van der Waals surface area contributed by atoms with Crippen LogP contribution in [0.5, 0.6) is 0 Å². The number of aromatic amines is 1. The smallest absolute Gasteiger partial charge is 0.361 e. The van der Waals surface area contributed by atoms with Crippen LogP contribution in [0.15, 0.2) is 24.3 Å². The van der Waals surface area contributed by atoms with Crippen LogP contribution >= 0.6 is 7.60 Å². The Hall–Kier alpha value is -1.62. The van der Waals surface area contributed by atoms with Crippen molar-refractivity contribution in [1.29, 1.82) is 0 Å². The number of unbranched alkanes of at least 4 members (excludes halogenated alkanes) is 2. The standard InChI is InChI=1S/C18H26NO5P/c1-4-6-10-23-25(21,24-11-7-5-2)15-8-9-16-14(12-15)13-17(19-16)18(20)22-3/h8-9,12-13,19H,4-7,10-11H2,1-3H3. The summed E-state index contributed by atoms with van der Waals surface area (Å²) in [6.07, 6.45) is 3.54. The molecule has 0 fully saturated rings. The van der Waals surface area contributed by atoms with E-state index in [1.807, 2.05) is 13.8 Å². The molecule has 6 nitrogen and oxygen atoms in total. The number of rotatable bonds is 10. The van der Waals surface area contributed by atoms with E-state index in [9.17, 15) is 9.36 Å². The lowest BCUT2D eigenvalue weighted by Crippen LogP contribution is -2.11. The summed E-state index contributed by atoms with van der Waals surface area (Å²) in [4.78, 5) is 14.6. The fourth-order valence-corrected chi connectivity index (χ4v) is 4.02. The Morgan fingerprint density at radius 3 is 2.28 bits per heavy atom. The fourth-order valence-electron chi connectivity index (χ4n) is 2.35. The van der Waals surface area contributed by atoms with Gasteiger partial charge in [0, 0.05) is 10.9 Å². The first kappa shape index (κ1) is 19.7. The lowest BCUT2D eigenvalue weighted by atomic mass is 10.2. The molecule has 0 spiro atoms. The summed E-state index contributed by atoms with van der Waals surface area (Å²) in [5, 5.41) is 1.26. The third-order valence-corrected chi connectivity index (χ3v) is 5.80. The van der Waals surface area contributed by atoms with Gasteiger partial charge in [0.1, 0.15) is 5.69 Å². The number of hydrogen-bond acceptors (Lipinski definition) is 5. The first-order valence-corrected chi connectivity index (χ1v) is 10.2. The average molecular weight is 367 g/mol. The van der Waals surface area contributed by atoms with Crippen LogP contribution in [-0.4, -0.2) is 31.3 Å². The Labute approximate surface area is 148 Å². The Balaban J connectivity index is 2.31. The van der Waals surface area contributed by atoms with E-state index in [-0.39, 0.29) is 0 Å². The van der Waals surface area contributed by atoms with E-state index in [0.717, 1.165) is 36.6 Å². The monoisotopic (exact) mass is 367 g/mol. The van der Waals surface area contributed by atoms with E-state index in [1.54, 1.807) is 24.3 Å². The van der Waals surface area contributed by atoms with Gasteiger partial charge in [0.2, 0.25) is 0 Å². The van der Waals surface area contributed by atoms with Gasteiger partial charge in [-0.25, -0.2) is 4.79 Å². The molecular formula is C18H26NO5P. The highest BCUT2D eigenvalue weighted by Gasteiger charge is 2.28. The minimum absolute atomic E-state index is 0.350. The van der Waals surface area contributed by atoms with Crippen molar-refractivity contribution >= 4 is 29.8 Å².